The fraction of sp³-hybridized carbons (Fsp3) is 0.538. The number of aliphatic hydroxyl groups is 3. The number of H-pyrrole nitrogens is 1. The average molecular weight is 1890 g/mol. The molecule has 2 bridgehead atoms. The Hall–Kier alpha value is -11.6. The molecule has 4 aromatic carbocycles. The molecule has 133 heavy (non-hydrogen) atoms. The Kier molecular flexibility index (Phi) is 37.8. The number of carboxylic acids is 4. The molecule has 40 heteroatoms. The molecule has 5 aliphatic heterocycles. The summed E-state index contributed by atoms with van der Waals surface area (Å²) in [5.74, 6) is -11.9. The summed E-state index contributed by atoms with van der Waals surface area (Å²) in [6, 6.07) is 22.1. The van der Waals surface area contributed by atoms with Crippen molar-refractivity contribution in [3.05, 3.63) is 143 Å². The van der Waals surface area contributed by atoms with Crippen LogP contribution in [0.25, 0.3) is 10.9 Å². The molecule has 722 valence electrons. The van der Waals surface area contributed by atoms with E-state index in [1.165, 1.54) is 32.5 Å². The number of nitrogens with two attached hydrogens (primary N) is 1. The standard InChI is InChI=1S/C47H63N5O7.C45H59N7O17S2.CO2/c1-7-21-59-42(55)48-26-37(53)47(57)40-46(17-20-52-18-12-16-45(9-3,39(46)52)41(47)54)32-22-33(36(58-6)23-35(32)50(40)5)43(4)24-29-25-44(56,8-2)28-51(27-29)19-15-31-30-13-10-11-14-34(30)49-38(31)43;1-70-71-24-29(43(64)65)21-35(55)33(22-40(60)61)50-42(63)30(46)23-48-41(62)28(18-26-8-4-2-5-9-26)20-34(54)32(19-27-10-6-3-7-11-27)49-37(57)16-17-47-36(56)13-12-31(44(66)67)51-45(68)52-38(69-25-53)14-15-39(58)59;2-1-3/h10-14,16,22-23,29,39-41,49,54,56-57H,7-9,15,17-21,24-28H2,1-6H3,(H,48,55);2-11,25,28-33,38H,12-24,46H2,1H3,(H,47,56)(H,48,62)(H,49,57)(H,50,63)(H,58,59)(H,60,61)(H,64,65)(H,66,67)(H2,51,52,68);/t29?,39-,40?,41+,43+,44-,45+,46+,47-;28-,29+,30+,31+,32+,33+,38-;/m01./s1. The number of alkyl carbamates (subject to hydrolysis) is 1. The third kappa shape index (κ3) is 25.5. The largest absolute Gasteiger partial charge is 0.496 e. The van der Waals surface area contributed by atoms with Crippen LogP contribution in [0, 0.1) is 23.2 Å². The molecule has 1 aromatic heterocycles. The van der Waals surface area contributed by atoms with Gasteiger partial charge in [0.1, 0.15) is 23.9 Å². The van der Waals surface area contributed by atoms with Crippen LogP contribution in [-0.4, -0.2) is 285 Å². The van der Waals surface area contributed by atoms with E-state index in [-0.39, 0.29) is 69.2 Å². The zero-order chi connectivity index (χ0) is 97.3. The molecule has 6 heterocycles. The molecule has 2 saturated heterocycles. The number of aromatic nitrogens is 1. The van der Waals surface area contributed by atoms with E-state index in [9.17, 15) is 97.8 Å². The maximum absolute atomic E-state index is 14.7. The van der Waals surface area contributed by atoms with Crippen LogP contribution < -0.4 is 52.6 Å². The molecule has 17 atom stereocenters. The smallest absolute Gasteiger partial charge is 0.407 e. The number of aliphatic carboxylic acids is 4. The lowest BCUT2D eigenvalue weighted by Crippen LogP contribution is -2.81. The van der Waals surface area contributed by atoms with Gasteiger partial charge in [-0.15, -0.1) is 0 Å². The SMILES string of the molecule is CCCOC(=O)NCC(=O)[C@]1(O)C2N(C)c3cc(OC)c([C@@]4(C)CC5CN(CCc6c4[nH]c4ccccc64)C[C@](O)(CC)C5)cc3[C@@]23CCN2CC=C[C@@](CC)([C@H]1O)[C@H]23.CSSC[C@H](CC(=O)[C@H](CC(=O)O)NC(=O)[C@@H](N)CNC(=O)[C@@H](CC(=O)[C@H](Cc1ccccc1)NC(=O)CCNC(=O)CC[C@H](NC(=O)N[C@@H](CCC(=O)O)OC=O)C(=O)O)Cc1ccccc1)C(=O)O.O=C=O. The number of carboxylic acid groups (broad SMARTS) is 4. The number of nitrogens with one attached hydrogen (secondary N) is 8. The highest BCUT2D eigenvalue weighted by Crippen LogP contribution is 2.68. The third-order valence-electron chi connectivity index (χ3n) is 26.3. The summed E-state index contributed by atoms with van der Waals surface area (Å²) >= 11 is 0. The van der Waals surface area contributed by atoms with Gasteiger partial charge in [-0.1, -0.05) is 133 Å². The van der Waals surface area contributed by atoms with Crippen LogP contribution in [0.5, 0.6) is 5.75 Å². The average Bonchev–Trinajstić information content (AvgIpc) is 1.48. The predicted molar refractivity (Wildman–Crippen MR) is 487 cm³/mol. The number of amides is 7. The van der Waals surface area contributed by atoms with Crippen molar-refractivity contribution in [1.29, 1.82) is 0 Å². The van der Waals surface area contributed by atoms with E-state index < -0.39 is 210 Å². The van der Waals surface area contributed by atoms with E-state index >= 15 is 0 Å². The van der Waals surface area contributed by atoms with Crippen molar-refractivity contribution in [2.75, 3.05) is 90.0 Å². The molecule has 1 aliphatic carbocycles. The zero-order valence-electron chi connectivity index (χ0n) is 75.5. The third-order valence-corrected chi connectivity index (χ3v) is 28.2. The van der Waals surface area contributed by atoms with Crippen molar-refractivity contribution in [2.24, 2.45) is 28.9 Å². The Morgan fingerprint density at radius 1 is 0.714 bits per heavy atom. The number of piperidine rings is 1. The Morgan fingerprint density at radius 2 is 1.38 bits per heavy atom. The van der Waals surface area contributed by atoms with Crippen molar-refractivity contribution < 1.29 is 127 Å². The first kappa shape index (κ1) is 105. The van der Waals surface area contributed by atoms with E-state index in [1.54, 1.807) is 74.0 Å². The van der Waals surface area contributed by atoms with Crippen LogP contribution in [0.3, 0.4) is 0 Å². The molecule has 38 nitrogen and oxygen atoms in total. The van der Waals surface area contributed by atoms with E-state index in [2.05, 4.69) is 119 Å². The fourth-order valence-corrected chi connectivity index (χ4v) is 21.5. The lowest BCUT2D eigenvalue weighted by atomic mass is 9.47. The number of para-hydroxylation sites is 1. The second-order valence-electron chi connectivity index (χ2n) is 34.9. The Labute approximate surface area is 777 Å². The topological polar surface area (TPSA) is 578 Å². The van der Waals surface area contributed by atoms with Gasteiger partial charge < -0.3 is 103 Å². The normalized spacial score (nSPS) is 23.8. The number of fused-ring (bicyclic) bond motifs is 6. The van der Waals surface area contributed by atoms with Crippen molar-refractivity contribution in [1.82, 2.24) is 52.0 Å². The summed E-state index contributed by atoms with van der Waals surface area (Å²) in [6.45, 7) is 11.1. The van der Waals surface area contributed by atoms with Crippen LogP contribution >= 0.6 is 21.6 Å². The van der Waals surface area contributed by atoms with Crippen LogP contribution in [0.15, 0.2) is 109 Å². The second kappa shape index (κ2) is 47.8. The number of rotatable bonds is 45. The van der Waals surface area contributed by atoms with E-state index in [0.717, 1.165) is 60.5 Å². The number of nitrogens with zero attached hydrogens (tertiary/aromatic N) is 3. The van der Waals surface area contributed by atoms with Gasteiger partial charge in [0.2, 0.25) is 23.6 Å². The van der Waals surface area contributed by atoms with Crippen LogP contribution in [0.2, 0.25) is 0 Å². The highest BCUT2D eigenvalue weighted by Gasteiger charge is 2.78. The molecule has 3 unspecified atom stereocenters. The van der Waals surface area contributed by atoms with Gasteiger partial charge in [-0.2, -0.15) is 9.59 Å². The molecule has 0 radical (unpaired) electrons. The first-order valence-corrected chi connectivity index (χ1v) is 47.1. The molecule has 3 fully saturated rings. The van der Waals surface area contributed by atoms with Gasteiger partial charge in [0.25, 0.3) is 6.47 Å². The van der Waals surface area contributed by atoms with Gasteiger partial charge in [-0.3, -0.25) is 62.5 Å². The Morgan fingerprint density at radius 3 is 2.02 bits per heavy atom. The van der Waals surface area contributed by atoms with E-state index in [1.807, 2.05) is 25.8 Å². The molecule has 1 saturated carbocycles. The van der Waals surface area contributed by atoms with Crippen molar-refractivity contribution in [3.8, 4) is 5.75 Å². The number of methoxy groups -OCH3 is 1. The maximum atomic E-state index is 14.7. The van der Waals surface area contributed by atoms with Gasteiger partial charge >= 0.3 is 42.2 Å². The number of urea groups is 1. The summed E-state index contributed by atoms with van der Waals surface area (Å²) in [5.41, 5.74) is 8.50. The highest BCUT2D eigenvalue weighted by atomic mass is 33.1. The molecule has 5 aromatic rings. The molecule has 7 amide bonds. The number of aliphatic hydroxyl groups excluding tert-OH is 1. The van der Waals surface area contributed by atoms with Crippen molar-refractivity contribution in [3.63, 3.8) is 0 Å². The lowest BCUT2D eigenvalue weighted by Gasteiger charge is -2.63. The lowest BCUT2D eigenvalue weighted by molar-refractivity contribution is -0.201. The van der Waals surface area contributed by atoms with Gasteiger partial charge in [0.15, 0.2) is 29.2 Å². The molecule has 17 N–H and O–H groups in total. The van der Waals surface area contributed by atoms with Crippen LogP contribution in [-0.2, 0) is 107 Å². The number of anilines is 1. The number of carbonyl (C=O) groups is 14. The van der Waals surface area contributed by atoms with Crippen molar-refractivity contribution in [2.45, 2.75) is 207 Å². The van der Waals surface area contributed by atoms with Crippen molar-refractivity contribution >= 4 is 128 Å². The number of hydrogen-bond donors (Lipinski definition) is 16. The van der Waals surface area contributed by atoms with Gasteiger partial charge in [-0.25, -0.2) is 14.4 Å². The second-order valence-corrected chi connectivity index (χ2v) is 37.5. The number of ether oxygens (including phenoxy) is 3. The number of ketones is 3. The monoisotopic (exact) mass is 1890 g/mol. The first-order chi connectivity index (χ1) is 63.4. The van der Waals surface area contributed by atoms with Gasteiger partial charge in [-0.05, 0) is 124 Å². The zero-order valence-corrected chi connectivity index (χ0v) is 77.2. The highest BCUT2D eigenvalue weighted by molar-refractivity contribution is 8.76. The molecular formula is C93H122N12O26S2. The summed E-state index contributed by atoms with van der Waals surface area (Å²) in [6.07, 6.45) is 3.56. The number of benzene rings is 4. The van der Waals surface area contributed by atoms with Crippen LogP contribution in [0.4, 0.5) is 15.3 Å². The Bertz CT molecular complexity index is 5060. The van der Waals surface area contributed by atoms with E-state index in [0.29, 0.717) is 62.1 Å². The summed E-state index contributed by atoms with van der Waals surface area (Å²) in [4.78, 5) is 203. The van der Waals surface area contributed by atoms with Crippen LogP contribution in [0.1, 0.15) is 151 Å². The summed E-state index contributed by atoms with van der Waals surface area (Å²) in [5, 5.41) is 93.2. The molecular weight excluding hydrogens is 1770 g/mol. The number of aromatic amines is 1. The Balaban J connectivity index is 0.000000294. The predicted octanol–water partition coefficient (Wildman–Crippen LogP) is 4.22. The van der Waals surface area contributed by atoms with Gasteiger partial charge in [0.05, 0.1) is 62.7 Å². The minimum Gasteiger partial charge on any atom is -0.496 e. The minimum absolute atomic E-state index is 0.00106. The molecule has 11 rings (SSSR count). The quantitative estimate of drug-likeness (QED) is 0.0112. The summed E-state index contributed by atoms with van der Waals surface area (Å²) < 4.78 is 16.3. The number of carbonyl (C=O) groups excluding carboxylic acids is 12. The van der Waals surface area contributed by atoms with E-state index in [4.69, 9.17) is 29.9 Å². The molecule has 1 spiro atoms. The number of hydrogen-bond acceptors (Lipinski definition) is 28. The fourth-order valence-electron chi connectivity index (χ4n) is 20.1. The number of likely N-dealkylation sites (N-methyl/N-ethyl adjacent to an activating group) is 1. The maximum Gasteiger partial charge on any atom is 0.407 e. The minimum atomic E-state index is -2.26. The number of Topliss-reactive ketones (excluding diaryl/α,β-unsaturated/α-hetero) is 3. The summed E-state index contributed by atoms with van der Waals surface area (Å²) in [7, 11) is 6.10. The van der Waals surface area contributed by atoms with Gasteiger partial charge in [0, 0.05) is 146 Å². The molecule has 6 aliphatic rings. The first-order valence-electron chi connectivity index (χ1n) is 44.4.